The van der Waals surface area contributed by atoms with Crippen LogP contribution in [0.2, 0.25) is 0 Å². The summed E-state index contributed by atoms with van der Waals surface area (Å²) in [4.78, 5) is 24.6. The molecule has 4 aromatic rings. The maximum absolute atomic E-state index is 13.0. The van der Waals surface area contributed by atoms with Crippen molar-refractivity contribution in [2.45, 2.75) is 38.6 Å². The Hall–Kier alpha value is -3.57. The number of rotatable bonds is 9. The normalized spacial score (nSPS) is 11.9. The third kappa shape index (κ3) is 5.25. The van der Waals surface area contributed by atoms with E-state index in [0.717, 1.165) is 0 Å². The molecular formula is C24H28N6O4S. The van der Waals surface area contributed by atoms with Crippen LogP contribution in [0.25, 0.3) is 22.4 Å². The van der Waals surface area contributed by atoms with Gasteiger partial charge in [0, 0.05) is 13.2 Å². The van der Waals surface area contributed by atoms with Crippen molar-refractivity contribution in [3.8, 4) is 17.1 Å². The number of hydrogen-bond donors (Lipinski definition) is 2. The van der Waals surface area contributed by atoms with Crippen LogP contribution in [0.5, 0.6) is 5.75 Å². The van der Waals surface area contributed by atoms with Crippen LogP contribution in [0.15, 0.2) is 52.3 Å². The molecule has 2 N–H and O–H groups in total. The van der Waals surface area contributed by atoms with E-state index in [1.165, 1.54) is 16.8 Å². The zero-order valence-corrected chi connectivity index (χ0v) is 20.9. The molecule has 0 radical (unpaired) electrons. The Morgan fingerprint density at radius 1 is 1.20 bits per heavy atom. The highest BCUT2D eigenvalue weighted by molar-refractivity contribution is 7.89. The van der Waals surface area contributed by atoms with Crippen LogP contribution < -0.4 is 15.0 Å². The van der Waals surface area contributed by atoms with Gasteiger partial charge in [-0.25, -0.2) is 18.1 Å². The molecule has 0 aliphatic heterocycles. The van der Waals surface area contributed by atoms with Crippen molar-refractivity contribution in [2.75, 3.05) is 6.61 Å². The van der Waals surface area contributed by atoms with Crippen LogP contribution in [0.3, 0.4) is 0 Å². The molecule has 11 heteroatoms. The minimum atomic E-state index is -3.88. The first-order valence-corrected chi connectivity index (χ1v) is 12.8. The van der Waals surface area contributed by atoms with Gasteiger partial charge in [-0.1, -0.05) is 19.9 Å². The van der Waals surface area contributed by atoms with E-state index < -0.39 is 10.0 Å². The number of ether oxygens (including phenoxy) is 1. The number of nitrogens with zero attached hydrogens (tertiary/aromatic N) is 4. The van der Waals surface area contributed by atoms with Gasteiger partial charge in [-0.05, 0) is 49.6 Å². The number of aromatic nitrogens is 5. The fraction of sp³-hybridized carbons (Fsp3) is 0.333. The highest BCUT2D eigenvalue weighted by Gasteiger charge is 2.21. The zero-order valence-electron chi connectivity index (χ0n) is 20.1. The Kier molecular flexibility index (Phi) is 6.99. The highest BCUT2D eigenvalue weighted by Crippen LogP contribution is 2.31. The molecule has 3 aromatic heterocycles. The number of fused-ring (bicyclic) bond motifs is 1. The predicted octanol–water partition coefficient (Wildman–Crippen LogP) is 2.79. The van der Waals surface area contributed by atoms with Gasteiger partial charge in [0.1, 0.15) is 17.1 Å². The summed E-state index contributed by atoms with van der Waals surface area (Å²) in [5, 5.41) is 4.49. The van der Waals surface area contributed by atoms with E-state index in [4.69, 9.17) is 9.72 Å². The zero-order chi connectivity index (χ0) is 25.2. The van der Waals surface area contributed by atoms with E-state index in [2.05, 4.69) is 33.6 Å². The largest absolute Gasteiger partial charge is 0.493 e. The topological polar surface area (TPSA) is 132 Å². The van der Waals surface area contributed by atoms with Crippen molar-refractivity contribution >= 4 is 21.1 Å². The molecule has 184 valence electrons. The van der Waals surface area contributed by atoms with E-state index in [0.29, 0.717) is 52.7 Å². The minimum Gasteiger partial charge on any atom is -0.493 e. The first-order chi connectivity index (χ1) is 16.7. The lowest BCUT2D eigenvalue weighted by molar-refractivity contribution is 0.341. The highest BCUT2D eigenvalue weighted by atomic mass is 32.2. The Morgan fingerprint density at radius 2 is 2.00 bits per heavy atom. The first-order valence-electron chi connectivity index (χ1n) is 11.3. The van der Waals surface area contributed by atoms with Crippen LogP contribution in [0, 0.1) is 5.92 Å². The summed E-state index contributed by atoms with van der Waals surface area (Å²) in [7, 11) is -2.17. The van der Waals surface area contributed by atoms with Crippen molar-refractivity contribution in [2.24, 2.45) is 13.0 Å². The van der Waals surface area contributed by atoms with Crippen molar-refractivity contribution in [3.63, 3.8) is 0 Å². The van der Waals surface area contributed by atoms with Gasteiger partial charge in [-0.3, -0.25) is 14.5 Å². The lowest BCUT2D eigenvalue weighted by Gasteiger charge is -2.13. The van der Waals surface area contributed by atoms with Crippen molar-refractivity contribution in [1.82, 2.24) is 29.5 Å². The SMILES string of the molecule is CCOc1ccc(S(=O)(=O)NCc2ccccn2)cc1-c1nc2c(CC(C)C)nn(C)c2c(=O)[nH]1. The maximum Gasteiger partial charge on any atom is 0.277 e. The number of H-pyrrole nitrogens is 1. The molecule has 4 rings (SSSR count). The predicted molar refractivity (Wildman–Crippen MR) is 133 cm³/mol. The summed E-state index contributed by atoms with van der Waals surface area (Å²) < 4.78 is 35.9. The molecule has 0 saturated carbocycles. The second-order valence-corrected chi connectivity index (χ2v) is 10.3. The van der Waals surface area contributed by atoms with E-state index in [-0.39, 0.29) is 22.8 Å². The number of nitrogens with one attached hydrogen (secondary N) is 2. The van der Waals surface area contributed by atoms with Crippen LogP contribution in [-0.2, 0) is 30.0 Å². The average molecular weight is 497 g/mol. The second kappa shape index (κ2) is 9.96. The van der Waals surface area contributed by atoms with Crippen LogP contribution in [0.4, 0.5) is 0 Å². The lowest BCUT2D eigenvalue weighted by Crippen LogP contribution is -2.23. The number of aryl methyl sites for hydroxylation is 1. The number of hydrogen-bond acceptors (Lipinski definition) is 7. The van der Waals surface area contributed by atoms with Gasteiger partial charge in [-0.2, -0.15) is 5.10 Å². The van der Waals surface area contributed by atoms with Gasteiger partial charge in [0.2, 0.25) is 10.0 Å². The molecule has 0 fully saturated rings. The summed E-state index contributed by atoms with van der Waals surface area (Å²) in [6.07, 6.45) is 2.25. The molecule has 10 nitrogen and oxygen atoms in total. The summed E-state index contributed by atoms with van der Waals surface area (Å²) in [6.45, 7) is 6.35. The molecule has 0 atom stereocenters. The molecule has 0 amide bonds. The monoisotopic (exact) mass is 496 g/mol. The Balaban J connectivity index is 1.80. The molecule has 0 saturated heterocycles. The van der Waals surface area contributed by atoms with E-state index in [9.17, 15) is 13.2 Å². The number of pyridine rings is 1. The number of aromatic amines is 1. The van der Waals surface area contributed by atoms with Crippen LogP contribution >= 0.6 is 0 Å². The molecule has 3 heterocycles. The Morgan fingerprint density at radius 3 is 2.69 bits per heavy atom. The summed E-state index contributed by atoms with van der Waals surface area (Å²) >= 11 is 0. The molecule has 0 unspecified atom stereocenters. The average Bonchev–Trinajstić information content (AvgIpc) is 3.13. The van der Waals surface area contributed by atoms with E-state index in [1.807, 2.05) is 6.92 Å². The van der Waals surface area contributed by atoms with E-state index >= 15 is 0 Å². The molecule has 0 aliphatic rings. The third-order valence-electron chi connectivity index (χ3n) is 5.35. The molecule has 0 spiro atoms. The molecule has 35 heavy (non-hydrogen) atoms. The van der Waals surface area contributed by atoms with Crippen LogP contribution in [0.1, 0.15) is 32.2 Å². The fourth-order valence-electron chi connectivity index (χ4n) is 3.80. The van der Waals surface area contributed by atoms with Gasteiger partial charge in [-0.15, -0.1) is 0 Å². The second-order valence-electron chi connectivity index (χ2n) is 8.52. The standard InChI is InChI=1S/C24H28N6O4S/c1-5-34-20-10-9-17(35(32,33)26-14-16-8-6-7-11-25-16)13-18(20)23-27-21-19(12-15(2)3)29-30(4)22(21)24(31)28-23/h6-11,13,15,26H,5,12,14H2,1-4H3,(H,27,28,31). The molecule has 0 bridgehead atoms. The van der Waals surface area contributed by atoms with Gasteiger partial charge < -0.3 is 9.72 Å². The number of sulfonamides is 1. The van der Waals surface area contributed by atoms with Crippen molar-refractivity contribution in [1.29, 1.82) is 0 Å². The summed E-state index contributed by atoms with van der Waals surface area (Å²) in [5.74, 6) is 0.939. The Labute approximate surface area is 203 Å². The van der Waals surface area contributed by atoms with Gasteiger partial charge >= 0.3 is 0 Å². The number of benzene rings is 1. The third-order valence-corrected chi connectivity index (χ3v) is 6.75. The minimum absolute atomic E-state index is 0.0169. The summed E-state index contributed by atoms with van der Waals surface area (Å²) in [5.41, 5.74) is 2.16. The van der Waals surface area contributed by atoms with Gasteiger partial charge in [0.25, 0.3) is 5.56 Å². The molecule has 0 aliphatic carbocycles. The van der Waals surface area contributed by atoms with Gasteiger partial charge in [0.05, 0.1) is 35.0 Å². The quantitative estimate of drug-likeness (QED) is 0.364. The summed E-state index contributed by atoms with van der Waals surface area (Å²) in [6, 6.07) is 9.76. The van der Waals surface area contributed by atoms with Crippen LogP contribution in [-0.4, -0.2) is 39.8 Å². The van der Waals surface area contributed by atoms with Crippen molar-refractivity contribution < 1.29 is 13.2 Å². The molecule has 1 aromatic carbocycles. The van der Waals surface area contributed by atoms with Crippen molar-refractivity contribution in [3.05, 3.63) is 64.3 Å². The maximum atomic E-state index is 13.0. The molecular weight excluding hydrogens is 468 g/mol. The van der Waals surface area contributed by atoms with Gasteiger partial charge in [0.15, 0.2) is 5.52 Å². The Bertz CT molecular complexity index is 1510. The fourth-order valence-corrected chi connectivity index (χ4v) is 4.82. The van der Waals surface area contributed by atoms with E-state index in [1.54, 1.807) is 37.5 Å². The first kappa shape index (κ1) is 24.6. The lowest BCUT2D eigenvalue weighted by atomic mass is 10.1. The smallest absolute Gasteiger partial charge is 0.277 e.